The van der Waals surface area contributed by atoms with Crippen LogP contribution in [0.2, 0.25) is 0 Å². The normalized spacial score (nSPS) is 17.1. The second-order valence-electron chi connectivity index (χ2n) is 5.88. The minimum atomic E-state index is 0.729. The average molecular weight is 269 g/mol. The quantitative estimate of drug-likeness (QED) is 0.834. The van der Waals surface area contributed by atoms with Crippen molar-refractivity contribution in [1.82, 2.24) is 9.78 Å². The molecule has 1 heterocycles. The Morgan fingerprint density at radius 3 is 2.25 bits per heavy atom. The second-order valence-corrected chi connectivity index (χ2v) is 5.88. The summed E-state index contributed by atoms with van der Waals surface area (Å²) in [5, 5.41) is 4.21. The standard InChI is InChI=1S/C17H23N3/c1-20-17(18)16(12-19-20)15-10-8-14(9-11-15)13-6-4-2-3-5-7-13/h8-13H,2-7,18H2,1H3. The molecule has 0 saturated heterocycles. The van der Waals surface area contributed by atoms with Gasteiger partial charge < -0.3 is 5.73 Å². The lowest BCUT2D eigenvalue weighted by molar-refractivity contribution is 0.592. The van der Waals surface area contributed by atoms with E-state index in [0.717, 1.165) is 22.9 Å². The van der Waals surface area contributed by atoms with E-state index in [2.05, 4.69) is 29.4 Å². The van der Waals surface area contributed by atoms with E-state index in [4.69, 9.17) is 5.73 Å². The number of hydrogen-bond acceptors (Lipinski definition) is 2. The first kappa shape index (κ1) is 13.2. The maximum atomic E-state index is 6.04. The van der Waals surface area contributed by atoms with Crippen LogP contribution < -0.4 is 5.73 Å². The van der Waals surface area contributed by atoms with E-state index in [1.807, 2.05) is 13.2 Å². The summed E-state index contributed by atoms with van der Waals surface area (Å²) in [6.07, 6.45) is 10.1. The maximum Gasteiger partial charge on any atom is 0.129 e. The third-order valence-corrected chi connectivity index (χ3v) is 4.53. The number of nitrogen functional groups attached to an aromatic ring is 1. The molecule has 1 aliphatic carbocycles. The Kier molecular flexibility index (Phi) is 3.77. The second kappa shape index (κ2) is 5.70. The fraction of sp³-hybridized carbons (Fsp3) is 0.471. The molecule has 1 aromatic heterocycles. The van der Waals surface area contributed by atoms with Crippen molar-refractivity contribution in [2.24, 2.45) is 7.05 Å². The van der Waals surface area contributed by atoms with Gasteiger partial charge in [-0.3, -0.25) is 4.68 Å². The molecular weight excluding hydrogens is 246 g/mol. The zero-order valence-electron chi connectivity index (χ0n) is 12.2. The van der Waals surface area contributed by atoms with Crippen LogP contribution in [-0.2, 0) is 7.05 Å². The highest BCUT2D eigenvalue weighted by Crippen LogP contribution is 2.33. The largest absolute Gasteiger partial charge is 0.383 e. The van der Waals surface area contributed by atoms with E-state index < -0.39 is 0 Å². The predicted molar refractivity (Wildman–Crippen MR) is 83.5 cm³/mol. The van der Waals surface area contributed by atoms with Crippen LogP contribution in [0.3, 0.4) is 0 Å². The summed E-state index contributed by atoms with van der Waals surface area (Å²) in [6, 6.07) is 8.93. The number of aromatic nitrogens is 2. The first-order valence-corrected chi connectivity index (χ1v) is 7.63. The molecule has 1 saturated carbocycles. The highest BCUT2D eigenvalue weighted by Gasteiger charge is 2.15. The number of rotatable bonds is 2. The highest BCUT2D eigenvalue weighted by atomic mass is 15.3. The van der Waals surface area contributed by atoms with Crippen LogP contribution in [0, 0.1) is 0 Å². The molecule has 0 radical (unpaired) electrons. The van der Waals surface area contributed by atoms with Crippen LogP contribution in [-0.4, -0.2) is 9.78 Å². The van der Waals surface area contributed by atoms with Crippen LogP contribution in [0.15, 0.2) is 30.5 Å². The zero-order chi connectivity index (χ0) is 13.9. The Labute approximate surface area is 120 Å². The Morgan fingerprint density at radius 2 is 1.70 bits per heavy atom. The first-order chi connectivity index (χ1) is 9.75. The van der Waals surface area contributed by atoms with Crippen molar-refractivity contribution >= 4 is 5.82 Å². The summed E-state index contributed by atoms with van der Waals surface area (Å²) in [5.41, 5.74) is 9.71. The van der Waals surface area contributed by atoms with Crippen LogP contribution >= 0.6 is 0 Å². The number of nitrogens with zero attached hydrogens (tertiary/aromatic N) is 2. The summed E-state index contributed by atoms with van der Waals surface area (Å²) < 4.78 is 1.72. The highest BCUT2D eigenvalue weighted by molar-refractivity contribution is 5.73. The van der Waals surface area contributed by atoms with E-state index in [1.165, 1.54) is 44.1 Å². The van der Waals surface area contributed by atoms with E-state index in [0.29, 0.717) is 0 Å². The monoisotopic (exact) mass is 269 g/mol. The molecule has 1 fully saturated rings. The van der Waals surface area contributed by atoms with E-state index in [1.54, 1.807) is 4.68 Å². The van der Waals surface area contributed by atoms with Crippen molar-refractivity contribution in [1.29, 1.82) is 0 Å². The molecule has 1 aliphatic rings. The van der Waals surface area contributed by atoms with Gasteiger partial charge in [-0.05, 0) is 29.9 Å². The molecule has 2 aromatic rings. The number of nitrogens with two attached hydrogens (primary N) is 1. The van der Waals surface area contributed by atoms with Gasteiger partial charge in [-0.25, -0.2) is 0 Å². The lowest BCUT2D eigenvalue weighted by atomic mass is 9.91. The number of aryl methyl sites for hydroxylation is 1. The van der Waals surface area contributed by atoms with Crippen LogP contribution in [0.5, 0.6) is 0 Å². The molecule has 1 aromatic carbocycles. The SMILES string of the molecule is Cn1ncc(-c2ccc(C3CCCCCC3)cc2)c1N. The lowest BCUT2D eigenvalue weighted by Crippen LogP contribution is -1.99. The van der Waals surface area contributed by atoms with Crippen LogP contribution in [0.4, 0.5) is 5.82 Å². The third-order valence-electron chi connectivity index (χ3n) is 4.53. The smallest absolute Gasteiger partial charge is 0.129 e. The topological polar surface area (TPSA) is 43.8 Å². The summed E-state index contributed by atoms with van der Waals surface area (Å²) in [6.45, 7) is 0. The Hall–Kier alpha value is -1.77. The van der Waals surface area contributed by atoms with Crippen molar-refractivity contribution in [2.75, 3.05) is 5.73 Å². The van der Waals surface area contributed by atoms with Crippen LogP contribution in [0.25, 0.3) is 11.1 Å². The van der Waals surface area contributed by atoms with E-state index in [-0.39, 0.29) is 0 Å². The van der Waals surface area contributed by atoms with Gasteiger partial charge in [0.1, 0.15) is 5.82 Å². The number of hydrogen-bond donors (Lipinski definition) is 1. The van der Waals surface area contributed by atoms with Gasteiger partial charge in [-0.15, -0.1) is 0 Å². The summed E-state index contributed by atoms with van der Waals surface area (Å²) in [5.74, 6) is 1.48. The van der Waals surface area contributed by atoms with Crippen molar-refractivity contribution in [3.05, 3.63) is 36.0 Å². The molecule has 3 nitrogen and oxygen atoms in total. The maximum absolute atomic E-state index is 6.04. The molecule has 0 spiro atoms. The van der Waals surface area contributed by atoms with Gasteiger partial charge in [0.2, 0.25) is 0 Å². The van der Waals surface area contributed by atoms with Gasteiger partial charge >= 0.3 is 0 Å². The van der Waals surface area contributed by atoms with Crippen molar-refractivity contribution in [3.8, 4) is 11.1 Å². The molecule has 0 unspecified atom stereocenters. The van der Waals surface area contributed by atoms with E-state index in [9.17, 15) is 0 Å². The van der Waals surface area contributed by atoms with Gasteiger partial charge in [0.15, 0.2) is 0 Å². The minimum Gasteiger partial charge on any atom is -0.383 e. The minimum absolute atomic E-state index is 0.729. The van der Waals surface area contributed by atoms with Gasteiger partial charge in [0.25, 0.3) is 0 Å². The molecule has 0 amide bonds. The van der Waals surface area contributed by atoms with Crippen molar-refractivity contribution in [2.45, 2.75) is 44.4 Å². The third kappa shape index (κ3) is 2.58. The first-order valence-electron chi connectivity index (χ1n) is 7.63. The molecule has 106 valence electrons. The fourth-order valence-electron chi connectivity index (χ4n) is 3.22. The average Bonchev–Trinajstić information content (AvgIpc) is 2.71. The predicted octanol–water partition coefficient (Wildman–Crippen LogP) is 4.11. The summed E-state index contributed by atoms with van der Waals surface area (Å²) in [4.78, 5) is 0. The summed E-state index contributed by atoms with van der Waals surface area (Å²) >= 11 is 0. The zero-order valence-corrected chi connectivity index (χ0v) is 12.2. The Morgan fingerprint density at radius 1 is 1.05 bits per heavy atom. The summed E-state index contributed by atoms with van der Waals surface area (Å²) in [7, 11) is 1.87. The molecule has 3 rings (SSSR count). The number of anilines is 1. The fourth-order valence-corrected chi connectivity index (χ4v) is 3.22. The molecule has 0 aliphatic heterocycles. The van der Waals surface area contributed by atoms with Crippen molar-refractivity contribution < 1.29 is 0 Å². The van der Waals surface area contributed by atoms with Gasteiger partial charge in [-0.1, -0.05) is 49.9 Å². The van der Waals surface area contributed by atoms with Gasteiger partial charge in [0, 0.05) is 12.6 Å². The molecule has 0 bridgehead atoms. The molecule has 3 heteroatoms. The van der Waals surface area contributed by atoms with Crippen LogP contribution in [0.1, 0.15) is 50.0 Å². The van der Waals surface area contributed by atoms with Crippen molar-refractivity contribution in [3.63, 3.8) is 0 Å². The van der Waals surface area contributed by atoms with Gasteiger partial charge in [-0.2, -0.15) is 5.10 Å². The Bertz CT molecular complexity index is 560. The van der Waals surface area contributed by atoms with E-state index >= 15 is 0 Å². The molecule has 0 atom stereocenters. The lowest BCUT2D eigenvalue weighted by Gasteiger charge is -2.14. The Balaban J connectivity index is 1.82. The van der Waals surface area contributed by atoms with Gasteiger partial charge in [0.05, 0.1) is 6.20 Å². The molecule has 2 N–H and O–H groups in total. The molecule has 20 heavy (non-hydrogen) atoms. The molecular formula is C17H23N3. The number of benzene rings is 1.